The van der Waals surface area contributed by atoms with E-state index in [0.29, 0.717) is 35.5 Å². The molecule has 1 saturated heterocycles. The van der Waals surface area contributed by atoms with Crippen LogP contribution in [0.4, 0.5) is 23.1 Å². The van der Waals surface area contributed by atoms with Crippen LogP contribution in [0.2, 0.25) is 0 Å². The van der Waals surface area contributed by atoms with Gasteiger partial charge < -0.3 is 30.5 Å². The quantitative estimate of drug-likeness (QED) is 0.517. The second-order valence-electron chi connectivity index (χ2n) is 11.5. The highest BCUT2D eigenvalue weighted by molar-refractivity contribution is 6.02. The molecule has 3 heterocycles. The smallest absolute Gasteiger partial charge is 0.251 e. The number of carbonyl (C=O) groups excluding carboxylic acids is 2. The second kappa shape index (κ2) is 10.6. The molecule has 6 rings (SSSR count). The number of benzene rings is 1. The average molecular weight is 534 g/mol. The van der Waals surface area contributed by atoms with Gasteiger partial charge in [0, 0.05) is 37.8 Å². The van der Waals surface area contributed by atoms with Gasteiger partial charge in [-0.2, -0.15) is 4.98 Å². The van der Waals surface area contributed by atoms with Gasteiger partial charge in [0.25, 0.3) is 5.91 Å². The molecule has 0 radical (unpaired) electrons. The molecular weight excluding hydrogens is 494 g/mol. The number of hydrogen-bond donors (Lipinski definition) is 3. The molecule has 2 aromatic rings. The Balaban J connectivity index is 1.27. The highest BCUT2D eigenvalue weighted by Gasteiger charge is 2.51. The monoisotopic (exact) mass is 533 g/mol. The molecular formula is C29H39N7O3. The van der Waals surface area contributed by atoms with Gasteiger partial charge in [0.2, 0.25) is 11.9 Å². The molecule has 3 N–H and O–H groups in total. The molecule has 1 atom stereocenters. The van der Waals surface area contributed by atoms with Gasteiger partial charge in [0.15, 0.2) is 5.82 Å². The first-order valence-corrected chi connectivity index (χ1v) is 14.4. The van der Waals surface area contributed by atoms with Gasteiger partial charge in [0.05, 0.1) is 24.4 Å². The fourth-order valence-corrected chi connectivity index (χ4v) is 6.60. The topological polar surface area (TPSA) is 112 Å². The number of nitrogens with zero attached hydrogens (tertiary/aromatic N) is 4. The van der Waals surface area contributed by atoms with Crippen molar-refractivity contribution < 1.29 is 14.3 Å². The molecule has 3 fully saturated rings. The fourth-order valence-electron chi connectivity index (χ4n) is 6.60. The van der Waals surface area contributed by atoms with Gasteiger partial charge >= 0.3 is 0 Å². The van der Waals surface area contributed by atoms with Crippen molar-refractivity contribution >= 4 is 35.0 Å². The summed E-state index contributed by atoms with van der Waals surface area (Å²) in [5.74, 6) is 1.86. The Morgan fingerprint density at radius 1 is 1.15 bits per heavy atom. The second-order valence-corrected chi connectivity index (χ2v) is 11.5. The van der Waals surface area contributed by atoms with Crippen LogP contribution in [0.5, 0.6) is 5.75 Å². The van der Waals surface area contributed by atoms with E-state index >= 15 is 0 Å². The first-order valence-electron chi connectivity index (χ1n) is 14.4. The molecule has 2 saturated carbocycles. The third kappa shape index (κ3) is 4.90. The number of aromatic nitrogens is 2. The number of hydrogen-bond acceptors (Lipinski definition) is 8. The molecule has 10 nitrogen and oxygen atoms in total. The van der Waals surface area contributed by atoms with E-state index in [-0.39, 0.29) is 23.3 Å². The standard InChI is InChI=1S/C29H39N7O3/c1-35-23-17-31-28(34-25(23)36(21-8-3-4-9-21)18-29(27(35)38)12-6-13-29)33-22-11-10-19(15-24(22)39-2)26(37)32-20-7-5-14-30-16-20/h10-11,15,17,20-21,30H,3-9,12-14,16,18H2,1-2H3,(H,32,37)(H,31,33,34)/t20-/m0/s1. The minimum absolute atomic E-state index is 0.111. The van der Waals surface area contributed by atoms with Crippen LogP contribution in [-0.2, 0) is 4.79 Å². The maximum atomic E-state index is 13.5. The third-order valence-corrected chi connectivity index (χ3v) is 9.03. The Morgan fingerprint density at radius 2 is 1.97 bits per heavy atom. The molecule has 0 unspecified atom stereocenters. The summed E-state index contributed by atoms with van der Waals surface area (Å²) in [7, 11) is 3.44. The molecule has 1 aromatic carbocycles. The van der Waals surface area contributed by atoms with Crippen molar-refractivity contribution in [2.75, 3.05) is 48.9 Å². The largest absolute Gasteiger partial charge is 0.495 e. The number of amides is 2. The normalized spacial score (nSPS) is 22.7. The molecule has 4 aliphatic rings. The van der Waals surface area contributed by atoms with Crippen LogP contribution < -0.4 is 30.5 Å². The molecule has 2 aliphatic heterocycles. The lowest BCUT2D eigenvalue weighted by Gasteiger charge is -2.44. The van der Waals surface area contributed by atoms with Crippen LogP contribution in [0.1, 0.15) is 68.1 Å². The first-order chi connectivity index (χ1) is 19.0. The predicted molar refractivity (Wildman–Crippen MR) is 151 cm³/mol. The number of ether oxygens (including phenoxy) is 1. The molecule has 39 heavy (non-hydrogen) atoms. The van der Waals surface area contributed by atoms with Crippen molar-refractivity contribution in [1.29, 1.82) is 0 Å². The Kier molecular flexibility index (Phi) is 7.05. The highest BCUT2D eigenvalue weighted by atomic mass is 16.5. The van der Waals surface area contributed by atoms with Crippen molar-refractivity contribution in [3.8, 4) is 5.75 Å². The zero-order valence-corrected chi connectivity index (χ0v) is 23.0. The summed E-state index contributed by atoms with van der Waals surface area (Å²) in [5, 5.41) is 9.74. The van der Waals surface area contributed by atoms with Crippen molar-refractivity contribution in [1.82, 2.24) is 20.6 Å². The van der Waals surface area contributed by atoms with Gasteiger partial charge in [0.1, 0.15) is 11.4 Å². The number of nitrogens with one attached hydrogen (secondary N) is 3. The number of anilines is 4. The zero-order chi connectivity index (χ0) is 27.0. The molecule has 1 aromatic heterocycles. The lowest BCUT2D eigenvalue weighted by atomic mass is 9.67. The Bertz CT molecular complexity index is 1240. The summed E-state index contributed by atoms with van der Waals surface area (Å²) in [5.41, 5.74) is 1.66. The van der Waals surface area contributed by atoms with Gasteiger partial charge in [-0.25, -0.2) is 4.98 Å². The number of carbonyl (C=O) groups is 2. The average Bonchev–Trinajstić information content (AvgIpc) is 3.45. The van der Waals surface area contributed by atoms with Crippen LogP contribution in [0.25, 0.3) is 0 Å². The van der Waals surface area contributed by atoms with Crippen LogP contribution in [-0.4, -0.2) is 67.7 Å². The maximum absolute atomic E-state index is 13.5. The van der Waals surface area contributed by atoms with Gasteiger partial charge in [-0.15, -0.1) is 0 Å². The van der Waals surface area contributed by atoms with Gasteiger partial charge in [-0.3, -0.25) is 9.59 Å². The molecule has 1 spiro atoms. The maximum Gasteiger partial charge on any atom is 0.251 e. The number of piperidine rings is 1. The summed E-state index contributed by atoms with van der Waals surface area (Å²) >= 11 is 0. The molecule has 2 aliphatic carbocycles. The molecule has 10 heteroatoms. The summed E-state index contributed by atoms with van der Waals surface area (Å²) in [6, 6.07) is 5.88. The van der Waals surface area contributed by atoms with Crippen LogP contribution in [0.3, 0.4) is 0 Å². The third-order valence-electron chi connectivity index (χ3n) is 9.03. The zero-order valence-electron chi connectivity index (χ0n) is 23.0. The Labute approximate surface area is 229 Å². The van der Waals surface area contributed by atoms with E-state index in [2.05, 4.69) is 25.8 Å². The SMILES string of the molecule is COc1cc(C(=O)N[C@H]2CCCNC2)ccc1Nc1ncc2c(n1)N(C1CCCC1)CC1(CCC1)C(=O)N2C. The summed E-state index contributed by atoms with van der Waals surface area (Å²) in [6.07, 6.45) is 11.4. The van der Waals surface area contributed by atoms with E-state index in [1.54, 1.807) is 30.3 Å². The van der Waals surface area contributed by atoms with Crippen molar-refractivity contribution in [3.05, 3.63) is 30.0 Å². The van der Waals surface area contributed by atoms with Crippen molar-refractivity contribution in [2.24, 2.45) is 5.41 Å². The summed E-state index contributed by atoms with van der Waals surface area (Å²) in [4.78, 5) is 40.1. The number of fused-ring (bicyclic) bond motifs is 1. The van der Waals surface area contributed by atoms with E-state index in [4.69, 9.17) is 9.72 Å². The van der Waals surface area contributed by atoms with E-state index in [1.165, 1.54) is 12.8 Å². The number of rotatable bonds is 6. The Hall–Kier alpha value is -3.40. The van der Waals surface area contributed by atoms with E-state index in [1.807, 2.05) is 13.1 Å². The van der Waals surface area contributed by atoms with Crippen LogP contribution in [0.15, 0.2) is 24.4 Å². The minimum atomic E-state index is -0.320. The van der Waals surface area contributed by atoms with E-state index < -0.39 is 0 Å². The van der Waals surface area contributed by atoms with Gasteiger partial charge in [-0.1, -0.05) is 19.3 Å². The first kappa shape index (κ1) is 25.9. The Morgan fingerprint density at radius 3 is 2.67 bits per heavy atom. The lowest BCUT2D eigenvalue weighted by molar-refractivity contribution is -0.131. The van der Waals surface area contributed by atoms with Crippen LogP contribution in [0, 0.1) is 5.41 Å². The molecule has 208 valence electrons. The minimum Gasteiger partial charge on any atom is -0.495 e. The summed E-state index contributed by atoms with van der Waals surface area (Å²) < 4.78 is 5.64. The number of methoxy groups -OCH3 is 1. The highest BCUT2D eigenvalue weighted by Crippen LogP contribution is 2.49. The predicted octanol–water partition coefficient (Wildman–Crippen LogP) is 3.61. The van der Waals surface area contributed by atoms with Crippen LogP contribution >= 0.6 is 0 Å². The van der Waals surface area contributed by atoms with E-state index in [0.717, 1.165) is 69.5 Å². The summed E-state index contributed by atoms with van der Waals surface area (Å²) in [6.45, 7) is 2.50. The van der Waals surface area contributed by atoms with Crippen molar-refractivity contribution in [3.63, 3.8) is 0 Å². The van der Waals surface area contributed by atoms with Gasteiger partial charge in [-0.05, 0) is 63.3 Å². The van der Waals surface area contributed by atoms with E-state index in [9.17, 15) is 9.59 Å². The van der Waals surface area contributed by atoms with Crippen molar-refractivity contribution in [2.45, 2.75) is 69.9 Å². The molecule has 2 amide bonds. The molecule has 0 bridgehead atoms. The lowest BCUT2D eigenvalue weighted by Crippen LogP contribution is -2.52. The fraction of sp³-hybridized carbons (Fsp3) is 0.586.